The Morgan fingerprint density at radius 3 is 2.58 bits per heavy atom. The monoisotopic (exact) mass is 472 g/mol. The zero-order chi connectivity index (χ0) is 23.3. The van der Waals surface area contributed by atoms with Crippen LogP contribution in [0.5, 0.6) is 0 Å². The third-order valence-electron chi connectivity index (χ3n) is 6.09. The molecule has 2 atom stereocenters. The summed E-state index contributed by atoms with van der Waals surface area (Å²) in [5, 5.41) is 0.471. The molecule has 5 rings (SSSR count). The molecule has 4 heterocycles. The van der Waals surface area contributed by atoms with Gasteiger partial charge >= 0.3 is 0 Å². The molecular formula is C22H22F2N6O2S. The van der Waals surface area contributed by atoms with Crippen LogP contribution in [0.15, 0.2) is 24.3 Å². The van der Waals surface area contributed by atoms with Gasteiger partial charge in [0, 0.05) is 31.6 Å². The summed E-state index contributed by atoms with van der Waals surface area (Å²) in [7, 11) is 0. The number of carbonyl (C=O) groups excluding carboxylic acids is 2. The van der Waals surface area contributed by atoms with Gasteiger partial charge in [-0.05, 0) is 56.1 Å². The van der Waals surface area contributed by atoms with Crippen molar-refractivity contribution in [3.05, 3.63) is 47.2 Å². The first-order valence-corrected chi connectivity index (χ1v) is 11.6. The normalized spacial score (nSPS) is 19.2. The largest absolute Gasteiger partial charge is 0.328 e. The van der Waals surface area contributed by atoms with Crippen LogP contribution in [0, 0.1) is 5.82 Å². The van der Waals surface area contributed by atoms with Gasteiger partial charge in [-0.15, -0.1) is 0 Å². The molecule has 1 saturated heterocycles. The van der Waals surface area contributed by atoms with Crippen LogP contribution in [-0.4, -0.2) is 48.7 Å². The molecule has 2 aliphatic heterocycles. The minimum atomic E-state index is -1.30. The first-order chi connectivity index (χ1) is 15.8. The predicted octanol–water partition coefficient (Wildman–Crippen LogP) is 3.92. The Morgan fingerprint density at radius 1 is 1.18 bits per heavy atom. The van der Waals surface area contributed by atoms with E-state index in [9.17, 15) is 18.4 Å². The molecule has 8 nitrogen and oxygen atoms in total. The predicted molar refractivity (Wildman–Crippen MR) is 118 cm³/mol. The molecule has 11 heteroatoms. The van der Waals surface area contributed by atoms with E-state index in [0.29, 0.717) is 48.3 Å². The van der Waals surface area contributed by atoms with Crippen molar-refractivity contribution in [2.75, 3.05) is 18.0 Å². The molecular weight excluding hydrogens is 450 g/mol. The summed E-state index contributed by atoms with van der Waals surface area (Å²) < 4.78 is 33.1. The molecule has 1 aromatic carbocycles. The van der Waals surface area contributed by atoms with Gasteiger partial charge in [-0.25, -0.2) is 18.7 Å². The van der Waals surface area contributed by atoms with Crippen LogP contribution in [0.4, 0.5) is 14.6 Å². The summed E-state index contributed by atoms with van der Waals surface area (Å²) in [6.07, 6.45) is -0.125. The molecule has 2 aliphatic rings. The average molecular weight is 473 g/mol. The number of nitrogens with zero attached hydrogens (tertiary/aromatic N) is 6. The fourth-order valence-corrected chi connectivity index (χ4v) is 5.14. The highest BCUT2D eigenvalue weighted by atomic mass is 32.1. The molecule has 1 unspecified atom stereocenters. The van der Waals surface area contributed by atoms with Crippen LogP contribution in [0.2, 0.25) is 0 Å². The van der Waals surface area contributed by atoms with Gasteiger partial charge in [-0.2, -0.15) is 4.37 Å². The van der Waals surface area contributed by atoms with E-state index in [-0.39, 0.29) is 17.6 Å². The van der Waals surface area contributed by atoms with Crippen molar-refractivity contribution in [2.24, 2.45) is 0 Å². The van der Waals surface area contributed by atoms with E-state index < -0.39 is 18.0 Å². The number of alkyl halides is 1. The van der Waals surface area contributed by atoms with E-state index in [1.54, 1.807) is 9.80 Å². The number of carbonyl (C=O) groups is 2. The molecule has 0 radical (unpaired) electrons. The number of benzene rings is 1. The molecule has 33 heavy (non-hydrogen) atoms. The van der Waals surface area contributed by atoms with E-state index in [4.69, 9.17) is 4.98 Å². The Morgan fingerprint density at radius 2 is 1.94 bits per heavy atom. The third-order valence-corrected chi connectivity index (χ3v) is 6.81. The minimum absolute atomic E-state index is 0.0213. The topological polar surface area (TPSA) is 84.2 Å². The second-order valence-corrected chi connectivity index (χ2v) is 8.95. The number of imidazole rings is 1. The van der Waals surface area contributed by atoms with Gasteiger partial charge in [0.1, 0.15) is 5.82 Å². The summed E-state index contributed by atoms with van der Waals surface area (Å²) in [5.74, 6) is 0.469. The van der Waals surface area contributed by atoms with Gasteiger partial charge in [0.2, 0.25) is 5.91 Å². The van der Waals surface area contributed by atoms with Crippen LogP contribution in [-0.2, 0) is 11.3 Å². The number of amides is 2. The molecule has 172 valence electrons. The van der Waals surface area contributed by atoms with Crippen LogP contribution in [0.1, 0.15) is 60.8 Å². The highest BCUT2D eigenvalue weighted by Crippen LogP contribution is 2.39. The zero-order valence-electron chi connectivity index (χ0n) is 18.2. The van der Waals surface area contributed by atoms with Crippen molar-refractivity contribution in [1.82, 2.24) is 23.8 Å². The number of halogens is 2. The second-order valence-electron chi connectivity index (χ2n) is 8.20. The number of hydrogen-bond acceptors (Lipinski definition) is 6. The van der Waals surface area contributed by atoms with E-state index in [2.05, 4.69) is 9.36 Å². The molecule has 0 saturated carbocycles. The fraction of sp³-hybridized carbons (Fsp3) is 0.409. The van der Waals surface area contributed by atoms with Crippen molar-refractivity contribution in [3.63, 3.8) is 0 Å². The van der Waals surface area contributed by atoms with Crippen molar-refractivity contribution >= 4 is 29.2 Å². The van der Waals surface area contributed by atoms with Gasteiger partial charge in [0.05, 0.1) is 11.7 Å². The molecule has 1 fully saturated rings. The van der Waals surface area contributed by atoms with E-state index in [1.807, 2.05) is 11.5 Å². The maximum Gasteiger partial charge on any atom is 0.254 e. The smallest absolute Gasteiger partial charge is 0.254 e. The Balaban J connectivity index is 1.57. The lowest BCUT2D eigenvalue weighted by atomic mass is 10.1. The molecule has 2 aromatic heterocycles. The van der Waals surface area contributed by atoms with Crippen LogP contribution >= 0.6 is 11.5 Å². The highest BCUT2D eigenvalue weighted by Gasteiger charge is 2.38. The Kier molecular flexibility index (Phi) is 5.43. The minimum Gasteiger partial charge on any atom is -0.328 e. The van der Waals surface area contributed by atoms with Crippen LogP contribution < -0.4 is 4.90 Å². The zero-order valence-corrected chi connectivity index (χ0v) is 19.0. The summed E-state index contributed by atoms with van der Waals surface area (Å²) in [6.45, 7) is 4.63. The first kappa shape index (κ1) is 21.6. The molecule has 0 bridgehead atoms. The molecule has 0 spiro atoms. The van der Waals surface area contributed by atoms with Gasteiger partial charge in [0.15, 0.2) is 28.6 Å². The van der Waals surface area contributed by atoms with Crippen LogP contribution in [0.3, 0.4) is 0 Å². The van der Waals surface area contributed by atoms with E-state index in [0.717, 1.165) is 23.6 Å². The average Bonchev–Trinajstić information content (AvgIpc) is 3.52. The van der Waals surface area contributed by atoms with Crippen molar-refractivity contribution < 1.29 is 18.4 Å². The summed E-state index contributed by atoms with van der Waals surface area (Å²) in [6, 6.07) is 5.06. The Bertz CT molecular complexity index is 1220. The summed E-state index contributed by atoms with van der Waals surface area (Å²) in [5.41, 5.74) is 1.12. The summed E-state index contributed by atoms with van der Waals surface area (Å²) in [4.78, 5) is 38.2. The lowest BCUT2D eigenvalue weighted by molar-refractivity contribution is -0.117. The van der Waals surface area contributed by atoms with Crippen molar-refractivity contribution in [2.45, 2.75) is 45.4 Å². The van der Waals surface area contributed by atoms with Crippen molar-refractivity contribution in [3.8, 4) is 10.8 Å². The highest BCUT2D eigenvalue weighted by molar-refractivity contribution is 7.09. The first-order valence-electron chi connectivity index (χ1n) is 10.8. The van der Waals surface area contributed by atoms with Crippen molar-refractivity contribution in [1.29, 1.82) is 0 Å². The number of rotatable bonds is 4. The Labute approximate surface area is 193 Å². The van der Waals surface area contributed by atoms with Gasteiger partial charge in [-0.3, -0.25) is 14.5 Å². The molecule has 0 N–H and O–H groups in total. The Hall–Kier alpha value is -3.21. The standard InChI is InChI=1S/C22H22F2N6O2S/c1-12(23)18-25-21(33-27-18)20-26-19(29-9-3-4-16(29)31)17-13(2)28(10-11-30(17)20)22(32)14-5-7-15(24)8-6-14/h5-8,12-13H,3-4,9-11H2,1-2H3/t12-,13?/m1/s1. The maximum absolute atomic E-state index is 13.7. The van der Waals surface area contributed by atoms with E-state index >= 15 is 0 Å². The van der Waals surface area contributed by atoms with Gasteiger partial charge < -0.3 is 9.47 Å². The lowest BCUT2D eigenvalue weighted by Crippen LogP contribution is -2.42. The molecule has 2 amide bonds. The molecule has 0 aliphatic carbocycles. The second kappa shape index (κ2) is 8.29. The third kappa shape index (κ3) is 3.69. The number of aromatic nitrogens is 4. The van der Waals surface area contributed by atoms with Gasteiger partial charge in [0.25, 0.3) is 5.91 Å². The van der Waals surface area contributed by atoms with E-state index in [1.165, 1.54) is 31.2 Å². The SMILES string of the molecule is CC1c2c(N3CCCC3=O)nc(-c3nc([C@@H](C)F)ns3)n2CCN1C(=O)c1ccc(F)cc1. The maximum atomic E-state index is 13.7. The lowest BCUT2D eigenvalue weighted by Gasteiger charge is -2.36. The number of fused-ring (bicyclic) bond motifs is 1. The van der Waals surface area contributed by atoms with Crippen LogP contribution in [0.25, 0.3) is 10.8 Å². The fourth-order valence-electron chi connectivity index (χ4n) is 4.40. The number of hydrogen-bond donors (Lipinski definition) is 0. The summed E-state index contributed by atoms with van der Waals surface area (Å²) >= 11 is 1.06. The quantitative estimate of drug-likeness (QED) is 0.575. The number of anilines is 1. The molecule has 3 aromatic rings. The van der Waals surface area contributed by atoms with Gasteiger partial charge in [-0.1, -0.05) is 0 Å².